The zero-order chi connectivity index (χ0) is 12.4. The predicted octanol–water partition coefficient (Wildman–Crippen LogP) is 1.64. The van der Waals surface area contributed by atoms with Crippen LogP contribution in [-0.2, 0) is 14.9 Å². The molecule has 0 radical (unpaired) electrons. The van der Waals surface area contributed by atoms with Gasteiger partial charge in [0, 0.05) is 10.8 Å². The number of fused-ring (bicyclic) bond motifs is 2. The van der Waals surface area contributed by atoms with Gasteiger partial charge in [-0.15, -0.1) is 0 Å². The summed E-state index contributed by atoms with van der Waals surface area (Å²) in [6, 6.07) is 0. The third-order valence-corrected chi connectivity index (χ3v) is 6.68. The van der Waals surface area contributed by atoms with Crippen molar-refractivity contribution in [3.05, 3.63) is 0 Å². The van der Waals surface area contributed by atoms with E-state index in [1.165, 1.54) is 0 Å². The highest BCUT2D eigenvalue weighted by Crippen LogP contribution is 2.65. The molecule has 0 heterocycles. The van der Waals surface area contributed by atoms with E-state index in [9.17, 15) is 13.2 Å². The molecule has 2 bridgehead atoms. The topological polar surface area (TPSA) is 71.4 Å². The number of Topliss-reactive ketones (excluding diaryl/α,β-unsaturated/α-hetero) is 1. The van der Waals surface area contributed by atoms with Gasteiger partial charge in [-0.3, -0.25) is 9.35 Å². The van der Waals surface area contributed by atoms with Crippen LogP contribution in [0, 0.1) is 16.7 Å². The molecule has 0 aromatic carbocycles. The number of alkyl halides is 1. The standard InChI is InChI=1S/C10H15BrO4S/c1-9-4-3-6(7(11)8(9)12)10(9,2)5-16(13,14)15/h6-7H,3-5H2,1-2H3,(H,13,14,15)/t6?,7-,9+,10?/m1/s1. The van der Waals surface area contributed by atoms with Crippen LogP contribution in [0.3, 0.4) is 0 Å². The van der Waals surface area contributed by atoms with Crippen molar-refractivity contribution in [2.45, 2.75) is 31.5 Å². The maximum Gasteiger partial charge on any atom is 0.265 e. The monoisotopic (exact) mass is 310 g/mol. The molecule has 0 aliphatic heterocycles. The van der Waals surface area contributed by atoms with E-state index in [4.69, 9.17) is 4.55 Å². The lowest BCUT2D eigenvalue weighted by atomic mass is 9.70. The molecule has 6 heteroatoms. The zero-order valence-corrected chi connectivity index (χ0v) is 11.6. The summed E-state index contributed by atoms with van der Waals surface area (Å²) in [5.74, 6) is -0.239. The molecule has 4 nitrogen and oxygen atoms in total. The summed E-state index contributed by atoms with van der Waals surface area (Å²) in [7, 11) is -4.05. The van der Waals surface area contributed by atoms with E-state index in [1.807, 2.05) is 6.92 Å². The van der Waals surface area contributed by atoms with E-state index in [0.717, 1.165) is 6.42 Å². The Morgan fingerprint density at radius 2 is 2.06 bits per heavy atom. The average molecular weight is 311 g/mol. The van der Waals surface area contributed by atoms with Crippen LogP contribution in [0.15, 0.2) is 0 Å². The SMILES string of the molecule is CC1(CS(=O)(=O)O)C2CC[C@@]1(C)C(=O)[C@@H]2Br. The highest BCUT2D eigenvalue weighted by molar-refractivity contribution is 9.10. The summed E-state index contributed by atoms with van der Waals surface area (Å²) in [6.07, 6.45) is 1.55. The summed E-state index contributed by atoms with van der Waals surface area (Å²) in [5, 5.41) is 0. The molecule has 0 aromatic heterocycles. The van der Waals surface area contributed by atoms with Crippen molar-refractivity contribution >= 4 is 31.8 Å². The van der Waals surface area contributed by atoms with Gasteiger partial charge in [0.2, 0.25) is 0 Å². The molecule has 0 spiro atoms. The van der Waals surface area contributed by atoms with Crippen molar-refractivity contribution in [2.75, 3.05) is 5.75 Å². The molecular weight excluding hydrogens is 296 g/mol. The second-order valence-corrected chi connectivity index (χ2v) is 7.83. The summed E-state index contributed by atoms with van der Waals surface area (Å²) >= 11 is 3.35. The number of rotatable bonds is 2. The van der Waals surface area contributed by atoms with Gasteiger partial charge in [-0.25, -0.2) is 0 Å². The summed E-state index contributed by atoms with van der Waals surface area (Å²) in [4.78, 5) is 11.8. The molecular formula is C10H15BrO4S. The van der Waals surface area contributed by atoms with Crippen molar-refractivity contribution in [3.63, 3.8) is 0 Å². The third kappa shape index (κ3) is 1.42. The first-order chi connectivity index (χ1) is 7.12. The van der Waals surface area contributed by atoms with Crippen molar-refractivity contribution in [2.24, 2.45) is 16.7 Å². The van der Waals surface area contributed by atoms with Crippen molar-refractivity contribution in [1.29, 1.82) is 0 Å². The van der Waals surface area contributed by atoms with Crippen LogP contribution in [0.25, 0.3) is 0 Å². The van der Waals surface area contributed by atoms with Gasteiger partial charge < -0.3 is 0 Å². The van der Waals surface area contributed by atoms with Crippen molar-refractivity contribution in [3.8, 4) is 0 Å². The van der Waals surface area contributed by atoms with Crippen molar-refractivity contribution in [1.82, 2.24) is 0 Å². The fraction of sp³-hybridized carbons (Fsp3) is 0.900. The number of hydrogen-bond acceptors (Lipinski definition) is 3. The van der Waals surface area contributed by atoms with Gasteiger partial charge in [0.15, 0.2) is 5.78 Å². The highest BCUT2D eigenvalue weighted by Gasteiger charge is 2.68. The number of ketones is 1. The lowest BCUT2D eigenvalue weighted by Gasteiger charge is -2.35. The van der Waals surface area contributed by atoms with E-state index in [-0.39, 0.29) is 22.3 Å². The van der Waals surface area contributed by atoms with Gasteiger partial charge >= 0.3 is 0 Å². The molecule has 16 heavy (non-hydrogen) atoms. The number of hydrogen-bond donors (Lipinski definition) is 1. The lowest BCUT2D eigenvalue weighted by Crippen LogP contribution is -2.40. The van der Waals surface area contributed by atoms with Crippen LogP contribution in [-0.4, -0.2) is 29.3 Å². The molecule has 1 N–H and O–H groups in total. The maximum absolute atomic E-state index is 12.1. The lowest BCUT2D eigenvalue weighted by molar-refractivity contribution is -0.127. The Balaban J connectivity index is 2.47. The first kappa shape index (κ1) is 12.5. The molecule has 0 amide bonds. The van der Waals surface area contributed by atoms with Gasteiger partial charge in [0.1, 0.15) is 0 Å². The zero-order valence-electron chi connectivity index (χ0n) is 9.23. The van der Waals surface area contributed by atoms with Crippen LogP contribution in [0.1, 0.15) is 26.7 Å². The van der Waals surface area contributed by atoms with Gasteiger partial charge in [0.25, 0.3) is 10.1 Å². The Kier molecular flexibility index (Phi) is 2.58. The Morgan fingerprint density at radius 1 is 1.50 bits per heavy atom. The van der Waals surface area contributed by atoms with Crippen LogP contribution < -0.4 is 0 Å². The van der Waals surface area contributed by atoms with Crippen LogP contribution in [0.5, 0.6) is 0 Å². The maximum atomic E-state index is 12.1. The Hall–Kier alpha value is 0.0600. The number of carbonyl (C=O) groups excluding carboxylic acids is 1. The molecule has 2 saturated carbocycles. The molecule has 2 unspecified atom stereocenters. The van der Waals surface area contributed by atoms with Gasteiger partial charge in [-0.1, -0.05) is 29.8 Å². The minimum Gasteiger partial charge on any atom is -0.298 e. The summed E-state index contributed by atoms with van der Waals surface area (Å²) in [5.41, 5.74) is -1.27. The fourth-order valence-corrected chi connectivity index (χ4v) is 6.11. The fourth-order valence-electron chi connectivity index (χ4n) is 3.46. The van der Waals surface area contributed by atoms with Crippen molar-refractivity contribution < 1.29 is 17.8 Å². The van der Waals surface area contributed by atoms with Crippen LogP contribution in [0.2, 0.25) is 0 Å². The molecule has 0 aromatic rings. The highest BCUT2D eigenvalue weighted by atomic mass is 79.9. The predicted molar refractivity (Wildman–Crippen MR) is 63.1 cm³/mol. The Labute approximate surface area is 104 Å². The summed E-state index contributed by atoms with van der Waals surface area (Å²) in [6.45, 7) is 3.62. The normalized spacial score (nSPS) is 47.6. The van der Waals surface area contributed by atoms with Crippen LogP contribution in [0.4, 0.5) is 0 Å². The third-order valence-electron chi connectivity index (χ3n) is 4.66. The molecule has 2 rings (SSSR count). The molecule has 4 atom stereocenters. The first-order valence-electron chi connectivity index (χ1n) is 5.25. The quantitative estimate of drug-likeness (QED) is 0.622. The average Bonchev–Trinajstić information content (AvgIpc) is 2.40. The molecule has 2 aliphatic carbocycles. The molecule has 0 saturated heterocycles. The first-order valence-corrected chi connectivity index (χ1v) is 7.78. The smallest absolute Gasteiger partial charge is 0.265 e. The van der Waals surface area contributed by atoms with E-state index >= 15 is 0 Å². The number of halogens is 1. The summed E-state index contributed by atoms with van der Waals surface area (Å²) < 4.78 is 31.2. The number of carbonyl (C=O) groups is 1. The molecule has 92 valence electrons. The van der Waals surface area contributed by atoms with E-state index in [0.29, 0.717) is 6.42 Å². The Morgan fingerprint density at radius 3 is 2.44 bits per heavy atom. The molecule has 2 aliphatic rings. The van der Waals surface area contributed by atoms with Gasteiger partial charge in [0.05, 0.1) is 10.6 Å². The molecule has 2 fully saturated rings. The minimum absolute atomic E-state index is 0.00641. The van der Waals surface area contributed by atoms with E-state index in [1.54, 1.807) is 6.92 Å². The van der Waals surface area contributed by atoms with Gasteiger partial charge in [-0.2, -0.15) is 8.42 Å². The second kappa shape index (κ2) is 3.29. The van der Waals surface area contributed by atoms with Gasteiger partial charge in [-0.05, 0) is 18.8 Å². The second-order valence-electron chi connectivity index (χ2n) is 5.39. The largest absolute Gasteiger partial charge is 0.298 e. The minimum atomic E-state index is -4.05. The van der Waals surface area contributed by atoms with Crippen LogP contribution >= 0.6 is 15.9 Å². The van der Waals surface area contributed by atoms with E-state index in [2.05, 4.69) is 15.9 Å². The van der Waals surface area contributed by atoms with E-state index < -0.39 is 20.9 Å². The Bertz CT molecular complexity index is 446.